The van der Waals surface area contributed by atoms with Crippen LogP contribution in [0.2, 0.25) is 0 Å². The van der Waals surface area contributed by atoms with Crippen LogP contribution in [0.25, 0.3) is 21.8 Å². The van der Waals surface area contributed by atoms with E-state index in [1.165, 1.54) is 0 Å². The van der Waals surface area contributed by atoms with Gasteiger partial charge in [-0.05, 0) is 30.7 Å². The zero-order valence-electron chi connectivity index (χ0n) is 13.7. The van der Waals surface area contributed by atoms with Crippen molar-refractivity contribution in [2.24, 2.45) is 0 Å². The molecule has 2 N–H and O–H groups in total. The van der Waals surface area contributed by atoms with E-state index in [1.54, 1.807) is 60.0 Å². The number of aliphatic carboxylic acids is 1. The molecule has 0 aliphatic carbocycles. The lowest BCUT2D eigenvalue weighted by Crippen LogP contribution is -2.41. The zero-order valence-corrected chi connectivity index (χ0v) is 13.7. The van der Waals surface area contributed by atoms with Crippen molar-refractivity contribution in [2.45, 2.75) is 25.9 Å². The number of rotatable bonds is 5. The van der Waals surface area contributed by atoms with Crippen LogP contribution in [0.1, 0.15) is 13.3 Å². The highest BCUT2D eigenvalue weighted by atomic mass is 16.4. The fraction of sp³-hybridized carbons (Fsp3) is 0.211. The highest BCUT2D eigenvalue weighted by Gasteiger charge is 2.19. The van der Waals surface area contributed by atoms with Crippen LogP contribution in [-0.4, -0.2) is 27.6 Å². The number of carboxylic acids is 1. The summed E-state index contributed by atoms with van der Waals surface area (Å²) in [5.74, 6) is -1.47. The molecule has 0 aliphatic rings. The van der Waals surface area contributed by atoms with E-state index in [0.29, 0.717) is 28.2 Å². The average molecular weight is 338 g/mol. The van der Waals surface area contributed by atoms with E-state index in [0.717, 1.165) is 0 Å². The van der Waals surface area contributed by atoms with Crippen molar-refractivity contribution in [3.8, 4) is 0 Å². The minimum absolute atomic E-state index is 0.0644. The number of carbonyl (C=O) groups is 2. The number of carbonyl (C=O) groups excluding carboxylic acids is 1. The molecule has 6 heteroatoms. The van der Waals surface area contributed by atoms with Crippen LogP contribution in [-0.2, 0) is 16.1 Å². The maximum absolute atomic E-state index is 12.6. The molecular weight excluding hydrogens is 320 g/mol. The van der Waals surface area contributed by atoms with Crippen molar-refractivity contribution < 1.29 is 14.7 Å². The molecule has 1 atom stereocenters. The van der Waals surface area contributed by atoms with E-state index >= 15 is 0 Å². The summed E-state index contributed by atoms with van der Waals surface area (Å²) in [5, 5.41) is 12.7. The number of fused-ring (bicyclic) bond motifs is 2. The fourth-order valence-electron chi connectivity index (χ4n) is 2.97. The second-order valence-electron chi connectivity index (χ2n) is 5.82. The highest BCUT2D eigenvalue weighted by Crippen LogP contribution is 2.19. The van der Waals surface area contributed by atoms with Gasteiger partial charge in [0.25, 0.3) is 0 Å². The molecule has 0 fully saturated rings. The average Bonchev–Trinajstić information content (AvgIpc) is 2.63. The molecule has 3 rings (SSSR count). The first kappa shape index (κ1) is 16.7. The van der Waals surface area contributed by atoms with Crippen molar-refractivity contribution in [1.82, 2.24) is 9.88 Å². The van der Waals surface area contributed by atoms with Crippen LogP contribution in [0, 0.1) is 0 Å². The highest BCUT2D eigenvalue weighted by molar-refractivity contribution is 5.95. The van der Waals surface area contributed by atoms with Crippen molar-refractivity contribution in [1.29, 1.82) is 0 Å². The molecule has 25 heavy (non-hydrogen) atoms. The normalized spacial score (nSPS) is 12.2. The Hall–Kier alpha value is -3.15. The summed E-state index contributed by atoms with van der Waals surface area (Å²) in [5.41, 5.74) is 1.20. The molecule has 0 saturated carbocycles. The van der Waals surface area contributed by atoms with Crippen LogP contribution >= 0.6 is 0 Å². The second kappa shape index (κ2) is 6.76. The van der Waals surface area contributed by atoms with Gasteiger partial charge in [-0.1, -0.05) is 31.2 Å². The van der Waals surface area contributed by atoms with Crippen molar-refractivity contribution in [2.75, 3.05) is 0 Å². The monoisotopic (exact) mass is 338 g/mol. The molecule has 6 nitrogen and oxygen atoms in total. The Labute approximate surface area is 143 Å². The zero-order chi connectivity index (χ0) is 18.0. The van der Waals surface area contributed by atoms with Gasteiger partial charge in [0.05, 0.1) is 11.0 Å². The van der Waals surface area contributed by atoms with Crippen LogP contribution < -0.4 is 10.7 Å². The number of benzene rings is 2. The summed E-state index contributed by atoms with van der Waals surface area (Å²) in [6, 6.07) is 13.3. The molecule has 0 spiro atoms. The first-order valence-electron chi connectivity index (χ1n) is 8.05. The summed E-state index contributed by atoms with van der Waals surface area (Å²) in [6.45, 7) is 1.63. The molecule has 1 heterocycles. The molecule has 1 amide bonds. The van der Waals surface area contributed by atoms with E-state index < -0.39 is 17.9 Å². The van der Waals surface area contributed by atoms with Gasteiger partial charge in [0, 0.05) is 10.8 Å². The Morgan fingerprint density at radius 1 is 1.04 bits per heavy atom. The molecule has 3 aromatic rings. The molecular formula is C19H18N2O4. The predicted molar refractivity (Wildman–Crippen MR) is 95.6 cm³/mol. The lowest BCUT2D eigenvalue weighted by Gasteiger charge is -2.17. The number of hydrogen-bond donors (Lipinski definition) is 2. The van der Waals surface area contributed by atoms with E-state index in [9.17, 15) is 14.4 Å². The minimum Gasteiger partial charge on any atom is -0.480 e. The van der Waals surface area contributed by atoms with Crippen LogP contribution in [0.5, 0.6) is 0 Å². The fourth-order valence-corrected chi connectivity index (χ4v) is 2.97. The maximum Gasteiger partial charge on any atom is 0.326 e. The van der Waals surface area contributed by atoms with Gasteiger partial charge in [-0.3, -0.25) is 9.59 Å². The number of carboxylic acid groups (broad SMARTS) is 1. The van der Waals surface area contributed by atoms with Gasteiger partial charge in [-0.2, -0.15) is 0 Å². The van der Waals surface area contributed by atoms with E-state index in [-0.39, 0.29) is 12.0 Å². The summed E-state index contributed by atoms with van der Waals surface area (Å²) >= 11 is 0. The van der Waals surface area contributed by atoms with Crippen molar-refractivity contribution in [3.05, 3.63) is 58.8 Å². The SMILES string of the molecule is CC[C@@H](NC(=O)Cn1c2ccccc2c(=O)c2ccccc21)C(=O)O. The van der Waals surface area contributed by atoms with Gasteiger partial charge in [-0.15, -0.1) is 0 Å². The molecule has 0 unspecified atom stereocenters. The first-order valence-corrected chi connectivity index (χ1v) is 8.05. The number of nitrogens with zero attached hydrogens (tertiary/aromatic N) is 1. The van der Waals surface area contributed by atoms with Gasteiger partial charge in [-0.25, -0.2) is 4.79 Å². The molecule has 0 saturated heterocycles. The van der Waals surface area contributed by atoms with Crippen LogP contribution in [0.15, 0.2) is 53.3 Å². The quantitative estimate of drug-likeness (QED) is 0.698. The Bertz CT molecular complexity index is 963. The first-order chi connectivity index (χ1) is 12.0. The lowest BCUT2D eigenvalue weighted by atomic mass is 10.1. The Morgan fingerprint density at radius 3 is 2.04 bits per heavy atom. The number of aromatic nitrogens is 1. The third-order valence-corrected chi connectivity index (χ3v) is 4.22. The number of nitrogens with one attached hydrogen (secondary N) is 1. The summed E-state index contributed by atoms with van der Waals surface area (Å²) in [4.78, 5) is 36.2. The summed E-state index contributed by atoms with van der Waals surface area (Å²) in [7, 11) is 0. The Kier molecular flexibility index (Phi) is 4.52. The van der Waals surface area contributed by atoms with Gasteiger partial charge >= 0.3 is 5.97 Å². The molecule has 1 aromatic heterocycles. The van der Waals surface area contributed by atoms with E-state index in [4.69, 9.17) is 5.11 Å². The van der Waals surface area contributed by atoms with Gasteiger partial charge in [0.2, 0.25) is 5.91 Å². The number of amides is 1. The van der Waals surface area contributed by atoms with Crippen LogP contribution in [0.3, 0.4) is 0 Å². The van der Waals surface area contributed by atoms with Gasteiger partial charge in [0.1, 0.15) is 12.6 Å². The largest absolute Gasteiger partial charge is 0.480 e. The number of para-hydroxylation sites is 2. The van der Waals surface area contributed by atoms with Gasteiger partial charge < -0.3 is 15.0 Å². The molecule has 0 aliphatic heterocycles. The van der Waals surface area contributed by atoms with E-state index in [1.807, 2.05) is 0 Å². The molecule has 2 aromatic carbocycles. The summed E-state index contributed by atoms with van der Waals surface area (Å²) in [6.07, 6.45) is 0.298. The second-order valence-corrected chi connectivity index (χ2v) is 5.82. The lowest BCUT2D eigenvalue weighted by molar-refractivity contribution is -0.141. The Balaban J connectivity index is 2.11. The Morgan fingerprint density at radius 2 is 1.56 bits per heavy atom. The number of hydrogen-bond acceptors (Lipinski definition) is 3. The third kappa shape index (κ3) is 3.10. The molecule has 128 valence electrons. The standard InChI is InChI=1S/C19H18N2O4/c1-2-14(19(24)25)20-17(22)11-21-15-9-5-3-7-12(15)18(23)13-8-4-6-10-16(13)21/h3-10,14H,2,11H2,1H3,(H,20,22)(H,24,25)/t14-/m1/s1. The molecule has 0 radical (unpaired) electrons. The van der Waals surface area contributed by atoms with Crippen LogP contribution in [0.4, 0.5) is 0 Å². The summed E-state index contributed by atoms with van der Waals surface area (Å²) < 4.78 is 1.75. The van der Waals surface area contributed by atoms with Crippen molar-refractivity contribution in [3.63, 3.8) is 0 Å². The number of pyridine rings is 1. The third-order valence-electron chi connectivity index (χ3n) is 4.22. The molecule has 0 bridgehead atoms. The minimum atomic E-state index is -1.06. The topological polar surface area (TPSA) is 88.4 Å². The van der Waals surface area contributed by atoms with E-state index in [2.05, 4.69) is 5.32 Å². The van der Waals surface area contributed by atoms with Crippen molar-refractivity contribution >= 4 is 33.7 Å². The van der Waals surface area contributed by atoms with Gasteiger partial charge in [0.15, 0.2) is 5.43 Å². The predicted octanol–water partition coefficient (Wildman–Crippen LogP) is 2.13. The smallest absolute Gasteiger partial charge is 0.326 e. The maximum atomic E-state index is 12.6.